The fourth-order valence-electron chi connectivity index (χ4n) is 2.42. The Bertz CT molecular complexity index is 994. The van der Waals surface area contributed by atoms with Crippen LogP contribution in [-0.2, 0) is 4.79 Å². The van der Waals surface area contributed by atoms with Gasteiger partial charge < -0.3 is 19.2 Å². The van der Waals surface area contributed by atoms with Crippen LogP contribution < -0.4 is 14.8 Å². The van der Waals surface area contributed by atoms with Crippen LogP contribution in [0.2, 0.25) is 5.02 Å². The van der Waals surface area contributed by atoms with Gasteiger partial charge in [-0.2, -0.15) is 0 Å². The maximum absolute atomic E-state index is 12.3. The predicted molar refractivity (Wildman–Crippen MR) is 101 cm³/mol. The van der Waals surface area contributed by atoms with Gasteiger partial charge in [0.25, 0.3) is 5.22 Å². The van der Waals surface area contributed by atoms with Crippen LogP contribution in [0.5, 0.6) is 11.5 Å². The van der Waals surface area contributed by atoms with Crippen molar-refractivity contribution in [2.45, 2.75) is 17.4 Å². The van der Waals surface area contributed by atoms with E-state index in [0.717, 1.165) is 5.56 Å². The Morgan fingerprint density at radius 3 is 2.89 bits per heavy atom. The molecule has 27 heavy (non-hydrogen) atoms. The number of anilines is 1. The largest absolute Gasteiger partial charge is 0.454 e. The molecule has 1 unspecified atom stereocenters. The van der Waals surface area contributed by atoms with Gasteiger partial charge in [0.15, 0.2) is 11.5 Å². The number of carbonyl (C=O) groups excluding carboxylic acids is 1. The molecule has 2 aromatic carbocycles. The minimum Gasteiger partial charge on any atom is -0.454 e. The fourth-order valence-corrected chi connectivity index (χ4v) is 3.29. The number of amides is 1. The van der Waals surface area contributed by atoms with Crippen molar-refractivity contribution in [3.05, 3.63) is 47.5 Å². The van der Waals surface area contributed by atoms with Crippen molar-refractivity contribution in [1.29, 1.82) is 0 Å². The summed E-state index contributed by atoms with van der Waals surface area (Å²) in [7, 11) is 0. The second-order valence-electron chi connectivity index (χ2n) is 5.70. The Morgan fingerprint density at radius 2 is 2.04 bits per heavy atom. The summed E-state index contributed by atoms with van der Waals surface area (Å²) in [6.45, 7) is 1.96. The molecule has 1 aromatic heterocycles. The van der Waals surface area contributed by atoms with E-state index in [-0.39, 0.29) is 12.7 Å². The van der Waals surface area contributed by atoms with Crippen molar-refractivity contribution < 1.29 is 18.7 Å². The van der Waals surface area contributed by atoms with Crippen molar-refractivity contribution >= 4 is 35.0 Å². The lowest BCUT2D eigenvalue weighted by molar-refractivity contribution is -0.115. The van der Waals surface area contributed by atoms with Crippen LogP contribution in [0.1, 0.15) is 6.92 Å². The molecule has 1 N–H and O–H groups in total. The van der Waals surface area contributed by atoms with Crippen molar-refractivity contribution in [1.82, 2.24) is 10.2 Å². The molecule has 138 valence electrons. The van der Waals surface area contributed by atoms with E-state index < -0.39 is 5.25 Å². The summed E-state index contributed by atoms with van der Waals surface area (Å²) < 4.78 is 16.3. The van der Waals surface area contributed by atoms with E-state index in [1.54, 1.807) is 43.3 Å². The summed E-state index contributed by atoms with van der Waals surface area (Å²) >= 11 is 7.10. The summed E-state index contributed by atoms with van der Waals surface area (Å²) in [4.78, 5) is 12.3. The SMILES string of the molecule is CC(Sc1nnc(-c2ccc3c(c2)OCO3)o1)C(=O)Nc1cccc(Cl)c1. The molecule has 0 saturated heterocycles. The van der Waals surface area contributed by atoms with E-state index in [1.165, 1.54) is 11.8 Å². The molecule has 0 fully saturated rings. The number of benzene rings is 2. The van der Waals surface area contributed by atoms with Gasteiger partial charge in [-0.25, -0.2) is 0 Å². The predicted octanol–water partition coefficient (Wildman–Crippen LogP) is 4.24. The number of halogens is 1. The first-order chi connectivity index (χ1) is 13.1. The average molecular weight is 404 g/mol. The molecule has 0 bridgehead atoms. The van der Waals surface area contributed by atoms with E-state index in [4.69, 9.17) is 25.5 Å². The van der Waals surface area contributed by atoms with E-state index >= 15 is 0 Å². The smallest absolute Gasteiger partial charge is 0.277 e. The third kappa shape index (κ3) is 4.01. The first-order valence-corrected chi connectivity index (χ1v) is 9.31. The number of nitrogens with one attached hydrogen (secondary N) is 1. The van der Waals surface area contributed by atoms with Crippen LogP contribution in [0.4, 0.5) is 5.69 Å². The zero-order valence-corrected chi connectivity index (χ0v) is 15.7. The molecule has 2 heterocycles. The molecule has 9 heteroatoms. The molecular weight excluding hydrogens is 390 g/mol. The van der Waals surface area contributed by atoms with Crippen LogP contribution in [0, 0.1) is 0 Å². The Kier molecular flexibility index (Phi) is 4.91. The molecule has 1 atom stereocenters. The number of nitrogens with zero attached hydrogens (tertiary/aromatic N) is 2. The van der Waals surface area contributed by atoms with Gasteiger partial charge >= 0.3 is 0 Å². The van der Waals surface area contributed by atoms with Crippen molar-refractivity contribution in [2.75, 3.05) is 12.1 Å². The molecule has 3 aromatic rings. The molecule has 4 rings (SSSR count). The third-order valence-electron chi connectivity index (χ3n) is 3.76. The number of carbonyl (C=O) groups is 1. The second kappa shape index (κ2) is 7.50. The summed E-state index contributed by atoms with van der Waals surface area (Å²) in [6, 6.07) is 12.3. The van der Waals surface area contributed by atoms with E-state index in [9.17, 15) is 4.79 Å². The zero-order valence-electron chi connectivity index (χ0n) is 14.1. The highest BCUT2D eigenvalue weighted by Gasteiger charge is 2.20. The Morgan fingerprint density at radius 1 is 1.19 bits per heavy atom. The molecule has 1 aliphatic heterocycles. The molecular formula is C18H14ClN3O4S. The number of hydrogen-bond donors (Lipinski definition) is 1. The first-order valence-electron chi connectivity index (χ1n) is 8.05. The van der Waals surface area contributed by atoms with Crippen LogP contribution in [0.25, 0.3) is 11.5 Å². The van der Waals surface area contributed by atoms with Crippen LogP contribution in [0.15, 0.2) is 52.1 Å². The quantitative estimate of drug-likeness (QED) is 0.637. The number of ether oxygens (including phenoxy) is 2. The number of rotatable bonds is 5. The maximum Gasteiger partial charge on any atom is 0.277 e. The van der Waals surface area contributed by atoms with E-state index in [0.29, 0.717) is 33.3 Å². The number of hydrogen-bond acceptors (Lipinski definition) is 7. The standard InChI is InChI=1S/C18H14ClN3O4S/c1-10(16(23)20-13-4-2-3-12(19)8-13)27-18-22-21-17(26-18)11-5-6-14-15(7-11)25-9-24-14/h2-8,10H,9H2,1H3,(H,20,23). The van der Waals surface area contributed by atoms with Crippen LogP contribution >= 0.6 is 23.4 Å². The maximum atomic E-state index is 12.3. The molecule has 0 radical (unpaired) electrons. The van der Waals surface area contributed by atoms with E-state index in [1.807, 2.05) is 6.07 Å². The summed E-state index contributed by atoms with van der Waals surface area (Å²) in [5, 5.41) is 11.3. The topological polar surface area (TPSA) is 86.5 Å². The number of fused-ring (bicyclic) bond motifs is 1. The third-order valence-corrected chi connectivity index (χ3v) is 4.93. The summed E-state index contributed by atoms with van der Waals surface area (Å²) in [5.41, 5.74) is 1.35. The fraction of sp³-hybridized carbons (Fsp3) is 0.167. The highest BCUT2D eigenvalue weighted by atomic mass is 35.5. The van der Waals surface area contributed by atoms with Gasteiger partial charge in [0.1, 0.15) is 0 Å². The normalized spacial score (nSPS) is 13.4. The Labute approximate surface area is 164 Å². The Balaban J connectivity index is 1.42. The highest BCUT2D eigenvalue weighted by molar-refractivity contribution is 8.00. The summed E-state index contributed by atoms with van der Waals surface area (Å²) in [5.74, 6) is 1.47. The minimum atomic E-state index is -0.436. The molecule has 1 aliphatic rings. The van der Waals surface area contributed by atoms with Crippen molar-refractivity contribution in [3.8, 4) is 23.0 Å². The van der Waals surface area contributed by atoms with Gasteiger partial charge in [-0.15, -0.1) is 10.2 Å². The van der Waals surface area contributed by atoms with Crippen molar-refractivity contribution in [2.24, 2.45) is 0 Å². The lowest BCUT2D eigenvalue weighted by Crippen LogP contribution is -2.22. The molecule has 0 aliphatic carbocycles. The Hall–Kier alpha value is -2.71. The first kappa shape index (κ1) is 17.7. The molecule has 7 nitrogen and oxygen atoms in total. The minimum absolute atomic E-state index is 0.190. The molecule has 1 amide bonds. The van der Waals surface area contributed by atoms with E-state index in [2.05, 4.69) is 15.5 Å². The summed E-state index contributed by atoms with van der Waals surface area (Å²) in [6.07, 6.45) is 0. The molecule has 0 spiro atoms. The van der Waals surface area contributed by atoms with Gasteiger partial charge in [0, 0.05) is 16.3 Å². The zero-order chi connectivity index (χ0) is 18.8. The second-order valence-corrected chi connectivity index (χ2v) is 7.43. The van der Waals surface area contributed by atoms with Crippen LogP contribution in [0.3, 0.4) is 0 Å². The average Bonchev–Trinajstić information content (AvgIpc) is 3.30. The highest BCUT2D eigenvalue weighted by Crippen LogP contribution is 2.36. The number of aromatic nitrogens is 2. The monoisotopic (exact) mass is 403 g/mol. The lowest BCUT2D eigenvalue weighted by atomic mass is 10.2. The lowest BCUT2D eigenvalue weighted by Gasteiger charge is -2.09. The van der Waals surface area contributed by atoms with Gasteiger partial charge in [-0.1, -0.05) is 29.4 Å². The van der Waals surface area contributed by atoms with Gasteiger partial charge in [-0.3, -0.25) is 4.79 Å². The van der Waals surface area contributed by atoms with Crippen molar-refractivity contribution in [3.63, 3.8) is 0 Å². The number of thioether (sulfide) groups is 1. The van der Waals surface area contributed by atoms with Gasteiger partial charge in [-0.05, 0) is 43.3 Å². The molecule has 0 saturated carbocycles. The van der Waals surface area contributed by atoms with Crippen LogP contribution in [-0.4, -0.2) is 28.1 Å². The van der Waals surface area contributed by atoms with Gasteiger partial charge in [0.05, 0.1) is 5.25 Å². The van der Waals surface area contributed by atoms with Gasteiger partial charge in [0.2, 0.25) is 18.6 Å².